The van der Waals surface area contributed by atoms with Gasteiger partial charge in [-0.15, -0.1) is 0 Å². The predicted molar refractivity (Wildman–Crippen MR) is 65.8 cm³/mol. The van der Waals surface area contributed by atoms with Crippen LogP contribution in [-0.4, -0.2) is 58.9 Å². The molecule has 0 radical (unpaired) electrons. The molecule has 0 aromatic carbocycles. The standard InChI is InChI=1S/C12H22N2O4/c1-12(2,3)18-11(17)14-8(6-7-9(14)15)10(16)13(4)5/h8-9,15H,6-7H2,1-5H3/t8-,9?/m0/s1. The molecule has 0 aliphatic carbocycles. The molecule has 1 aliphatic rings. The largest absolute Gasteiger partial charge is 0.444 e. The van der Waals surface area contributed by atoms with Crippen molar-refractivity contribution in [2.45, 2.75) is 51.5 Å². The first-order chi connectivity index (χ1) is 8.13. The molecule has 0 aromatic heterocycles. The van der Waals surface area contributed by atoms with Gasteiger partial charge in [0.2, 0.25) is 5.91 Å². The van der Waals surface area contributed by atoms with Crippen molar-refractivity contribution < 1.29 is 19.4 Å². The van der Waals surface area contributed by atoms with Crippen molar-refractivity contribution >= 4 is 12.0 Å². The Kier molecular flexibility index (Phi) is 4.21. The van der Waals surface area contributed by atoms with Crippen molar-refractivity contribution in [3.63, 3.8) is 0 Å². The van der Waals surface area contributed by atoms with Crippen molar-refractivity contribution in [1.29, 1.82) is 0 Å². The number of amides is 2. The number of aliphatic hydroxyl groups excluding tert-OH is 1. The number of likely N-dealkylation sites (tertiary alicyclic amines) is 1. The summed E-state index contributed by atoms with van der Waals surface area (Å²) in [6.45, 7) is 5.24. The zero-order valence-electron chi connectivity index (χ0n) is 11.6. The third-order valence-electron chi connectivity index (χ3n) is 2.69. The van der Waals surface area contributed by atoms with E-state index < -0.39 is 24.0 Å². The van der Waals surface area contributed by atoms with E-state index in [9.17, 15) is 14.7 Å². The van der Waals surface area contributed by atoms with Gasteiger partial charge in [0.15, 0.2) is 0 Å². The molecule has 6 heteroatoms. The second-order valence-electron chi connectivity index (χ2n) is 5.69. The molecule has 0 bridgehead atoms. The molecule has 1 saturated heterocycles. The lowest BCUT2D eigenvalue weighted by Gasteiger charge is -2.30. The summed E-state index contributed by atoms with van der Waals surface area (Å²) < 4.78 is 5.21. The van der Waals surface area contributed by atoms with Gasteiger partial charge >= 0.3 is 6.09 Å². The van der Waals surface area contributed by atoms with Crippen LogP contribution in [0.3, 0.4) is 0 Å². The van der Waals surface area contributed by atoms with Crippen LogP contribution < -0.4 is 0 Å². The number of carbonyl (C=O) groups is 2. The van der Waals surface area contributed by atoms with Crippen LogP contribution in [0.25, 0.3) is 0 Å². The van der Waals surface area contributed by atoms with E-state index >= 15 is 0 Å². The first kappa shape index (κ1) is 14.8. The highest BCUT2D eigenvalue weighted by atomic mass is 16.6. The van der Waals surface area contributed by atoms with Gasteiger partial charge in [0.1, 0.15) is 17.9 Å². The first-order valence-corrected chi connectivity index (χ1v) is 6.04. The van der Waals surface area contributed by atoms with Crippen LogP contribution in [0.5, 0.6) is 0 Å². The molecule has 2 atom stereocenters. The number of nitrogens with zero attached hydrogens (tertiary/aromatic N) is 2. The van der Waals surface area contributed by atoms with Gasteiger partial charge < -0.3 is 14.7 Å². The van der Waals surface area contributed by atoms with Crippen LogP contribution in [0, 0.1) is 0 Å². The Morgan fingerprint density at radius 2 is 1.83 bits per heavy atom. The summed E-state index contributed by atoms with van der Waals surface area (Å²) in [4.78, 5) is 26.5. The van der Waals surface area contributed by atoms with E-state index in [4.69, 9.17) is 4.74 Å². The monoisotopic (exact) mass is 258 g/mol. The van der Waals surface area contributed by atoms with Gasteiger partial charge in [0.25, 0.3) is 0 Å². The summed E-state index contributed by atoms with van der Waals surface area (Å²) in [5.41, 5.74) is -0.648. The highest BCUT2D eigenvalue weighted by Gasteiger charge is 2.42. The minimum Gasteiger partial charge on any atom is -0.444 e. The summed E-state index contributed by atoms with van der Waals surface area (Å²) in [7, 11) is 3.25. The number of carbonyl (C=O) groups excluding carboxylic acids is 2. The van der Waals surface area contributed by atoms with E-state index in [2.05, 4.69) is 0 Å². The maximum Gasteiger partial charge on any atom is 0.413 e. The Morgan fingerprint density at radius 3 is 2.28 bits per heavy atom. The molecule has 0 saturated carbocycles. The SMILES string of the molecule is CN(C)C(=O)[C@@H]1CCC(O)N1C(=O)OC(C)(C)C. The second-order valence-corrected chi connectivity index (χ2v) is 5.69. The Balaban J connectivity index is 2.82. The topological polar surface area (TPSA) is 70.1 Å². The van der Waals surface area contributed by atoms with E-state index in [1.165, 1.54) is 4.90 Å². The van der Waals surface area contributed by atoms with E-state index in [1.807, 2.05) is 0 Å². The first-order valence-electron chi connectivity index (χ1n) is 6.04. The summed E-state index contributed by atoms with van der Waals surface area (Å²) in [6, 6.07) is -0.634. The average Bonchev–Trinajstić information content (AvgIpc) is 2.56. The Hall–Kier alpha value is -1.30. The van der Waals surface area contributed by atoms with Crippen molar-refractivity contribution in [2.24, 2.45) is 0 Å². The number of likely N-dealkylation sites (N-methyl/N-ethyl adjacent to an activating group) is 1. The third kappa shape index (κ3) is 3.35. The lowest BCUT2D eigenvalue weighted by atomic mass is 10.2. The van der Waals surface area contributed by atoms with Gasteiger partial charge in [-0.3, -0.25) is 9.69 Å². The Bertz CT molecular complexity index is 335. The van der Waals surface area contributed by atoms with Crippen molar-refractivity contribution in [2.75, 3.05) is 14.1 Å². The molecule has 1 fully saturated rings. The number of hydrogen-bond acceptors (Lipinski definition) is 4. The van der Waals surface area contributed by atoms with E-state index in [0.29, 0.717) is 12.8 Å². The highest BCUT2D eigenvalue weighted by molar-refractivity contribution is 5.86. The molecular weight excluding hydrogens is 236 g/mol. The van der Waals surface area contributed by atoms with Crippen LogP contribution in [0.1, 0.15) is 33.6 Å². The van der Waals surface area contributed by atoms with E-state index in [1.54, 1.807) is 34.9 Å². The van der Waals surface area contributed by atoms with Crippen LogP contribution in [-0.2, 0) is 9.53 Å². The predicted octanol–water partition coefficient (Wildman–Crippen LogP) is 0.792. The van der Waals surface area contributed by atoms with Crippen LogP contribution in [0.2, 0.25) is 0 Å². The van der Waals surface area contributed by atoms with Gasteiger partial charge in [-0.05, 0) is 33.6 Å². The fraction of sp³-hybridized carbons (Fsp3) is 0.833. The fourth-order valence-corrected chi connectivity index (χ4v) is 1.90. The van der Waals surface area contributed by atoms with Crippen LogP contribution in [0.4, 0.5) is 4.79 Å². The van der Waals surface area contributed by atoms with Gasteiger partial charge in [-0.1, -0.05) is 0 Å². The Labute approximate surface area is 107 Å². The van der Waals surface area contributed by atoms with Gasteiger partial charge in [-0.25, -0.2) is 4.79 Å². The molecule has 0 aromatic rings. The van der Waals surface area contributed by atoms with Gasteiger partial charge in [0.05, 0.1) is 0 Å². The summed E-state index contributed by atoms with van der Waals surface area (Å²) in [5, 5.41) is 9.81. The normalized spacial score (nSPS) is 24.0. The van der Waals surface area contributed by atoms with E-state index in [0.717, 1.165) is 4.90 Å². The minimum absolute atomic E-state index is 0.197. The molecule has 0 spiro atoms. The molecular formula is C12H22N2O4. The highest BCUT2D eigenvalue weighted by Crippen LogP contribution is 2.26. The zero-order chi connectivity index (χ0) is 14.1. The molecule has 2 amide bonds. The summed E-state index contributed by atoms with van der Waals surface area (Å²) in [6.07, 6.45) is -0.748. The molecule has 1 heterocycles. The number of ether oxygens (including phenoxy) is 1. The Morgan fingerprint density at radius 1 is 1.28 bits per heavy atom. The molecule has 1 N–H and O–H groups in total. The van der Waals surface area contributed by atoms with Crippen LogP contribution >= 0.6 is 0 Å². The van der Waals surface area contributed by atoms with Gasteiger partial charge in [0, 0.05) is 14.1 Å². The van der Waals surface area contributed by atoms with Crippen molar-refractivity contribution in [3.05, 3.63) is 0 Å². The maximum atomic E-state index is 12.0. The van der Waals surface area contributed by atoms with E-state index in [-0.39, 0.29) is 5.91 Å². The molecule has 1 aliphatic heterocycles. The summed E-state index contributed by atoms with van der Waals surface area (Å²) >= 11 is 0. The smallest absolute Gasteiger partial charge is 0.413 e. The molecule has 104 valence electrons. The number of hydrogen-bond donors (Lipinski definition) is 1. The van der Waals surface area contributed by atoms with Crippen molar-refractivity contribution in [1.82, 2.24) is 9.80 Å². The molecule has 1 rings (SSSR count). The zero-order valence-corrected chi connectivity index (χ0v) is 11.6. The molecule has 18 heavy (non-hydrogen) atoms. The number of aliphatic hydroxyl groups is 1. The lowest BCUT2D eigenvalue weighted by molar-refractivity contribution is -0.135. The number of rotatable bonds is 1. The van der Waals surface area contributed by atoms with Crippen molar-refractivity contribution in [3.8, 4) is 0 Å². The average molecular weight is 258 g/mol. The third-order valence-corrected chi connectivity index (χ3v) is 2.69. The van der Waals surface area contributed by atoms with Crippen LogP contribution in [0.15, 0.2) is 0 Å². The minimum atomic E-state index is -0.950. The summed E-state index contributed by atoms with van der Waals surface area (Å²) in [5.74, 6) is -0.197. The quantitative estimate of drug-likeness (QED) is 0.755. The van der Waals surface area contributed by atoms with Gasteiger partial charge in [-0.2, -0.15) is 0 Å². The lowest BCUT2D eigenvalue weighted by Crippen LogP contribution is -2.50. The maximum absolute atomic E-state index is 12.0. The molecule has 6 nitrogen and oxygen atoms in total. The molecule has 1 unspecified atom stereocenters. The second kappa shape index (κ2) is 5.14. The fourth-order valence-electron chi connectivity index (χ4n) is 1.90.